The fourth-order valence-electron chi connectivity index (χ4n) is 4.14. The molecule has 0 spiro atoms. The number of rotatable bonds is 4. The summed E-state index contributed by atoms with van der Waals surface area (Å²) in [6.45, 7) is 6.61. The minimum Gasteiger partial charge on any atom is -0.367 e. The Morgan fingerprint density at radius 2 is 1.97 bits per heavy atom. The van der Waals surface area contributed by atoms with E-state index in [0.717, 1.165) is 50.0 Å². The van der Waals surface area contributed by atoms with Gasteiger partial charge in [-0.15, -0.1) is 0 Å². The lowest BCUT2D eigenvalue weighted by atomic mass is 10.0. The van der Waals surface area contributed by atoms with Gasteiger partial charge in [0.15, 0.2) is 0 Å². The quantitative estimate of drug-likeness (QED) is 0.588. The predicted octanol–water partition coefficient (Wildman–Crippen LogP) is 3.90. The number of hydrogen-bond acceptors (Lipinski definition) is 7. The summed E-state index contributed by atoms with van der Waals surface area (Å²) in [5.41, 5.74) is 3.78. The van der Waals surface area contributed by atoms with Crippen LogP contribution in [0.25, 0.3) is 28.2 Å². The molecular weight excluding hydrogens is 441 g/mol. The van der Waals surface area contributed by atoms with Crippen molar-refractivity contribution in [1.82, 2.24) is 20.2 Å². The first-order chi connectivity index (χ1) is 16.0. The molecule has 2 aliphatic heterocycles. The Bertz CT molecular complexity index is 1290. The van der Waals surface area contributed by atoms with Crippen molar-refractivity contribution < 1.29 is 14.0 Å². The van der Waals surface area contributed by atoms with Crippen molar-refractivity contribution in [2.75, 3.05) is 37.6 Å². The van der Waals surface area contributed by atoms with Crippen molar-refractivity contribution in [3.8, 4) is 11.1 Å². The van der Waals surface area contributed by atoms with Gasteiger partial charge in [0.05, 0.1) is 33.5 Å². The molecule has 3 heterocycles. The number of carbonyl (C=O) groups excluding carboxylic acids is 2. The van der Waals surface area contributed by atoms with Crippen molar-refractivity contribution in [2.45, 2.75) is 6.92 Å². The number of nitrogens with one attached hydrogen (secondary N) is 1. The Balaban J connectivity index is 1.48. The van der Waals surface area contributed by atoms with Crippen LogP contribution in [0, 0.1) is 5.82 Å². The van der Waals surface area contributed by atoms with Gasteiger partial charge in [-0.25, -0.2) is 9.37 Å². The number of anilines is 1. The van der Waals surface area contributed by atoms with Gasteiger partial charge >= 0.3 is 0 Å². The lowest BCUT2D eigenvalue weighted by molar-refractivity contribution is -0.115. The molecule has 2 aromatic carbocycles. The molecule has 2 aliphatic rings. The van der Waals surface area contributed by atoms with Crippen LogP contribution in [0.5, 0.6) is 0 Å². The van der Waals surface area contributed by atoms with Crippen molar-refractivity contribution in [3.63, 3.8) is 0 Å². The number of piperazine rings is 1. The largest absolute Gasteiger partial charge is 0.367 e. The Hall–Kier alpha value is -3.30. The number of para-hydroxylation sites is 1. The number of imide groups is 1. The number of fused-ring (bicyclic) bond motifs is 1. The predicted molar refractivity (Wildman–Crippen MR) is 128 cm³/mol. The lowest BCUT2D eigenvalue weighted by Crippen LogP contribution is -2.46. The van der Waals surface area contributed by atoms with Gasteiger partial charge in [-0.1, -0.05) is 25.1 Å². The minimum atomic E-state index is -0.447. The molecule has 2 amide bonds. The van der Waals surface area contributed by atoms with E-state index in [4.69, 9.17) is 0 Å². The summed E-state index contributed by atoms with van der Waals surface area (Å²) < 4.78 is 15.1. The van der Waals surface area contributed by atoms with E-state index < -0.39 is 11.1 Å². The Labute approximate surface area is 194 Å². The number of likely N-dealkylation sites (N-methyl/N-ethyl adjacent to an activating group) is 1. The van der Waals surface area contributed by atoms with Gasteiger partial charge in [0, 0.05) is 31.7 Å². The van der Waals surface area contributed by atoms with Crippen LogP contribution >= 0.6 is 11.8 Å². The van der Waals surface area contributed by atoms with Crippen molar-refractivity contribution in [1.29, 1.82) is 0 Å². The van der Waals surface area contributed by atoms with E-state index in [1.807, 2.05) is 30.3 Å². The Kier molecular flexibility index (Phi) is 5.82. The molecule has 0 atom stereocenters. The SMILES string of the molecule is CCN1CCN(c2ccc(-c3cccc4ncc(/C=C5\SC(=O)NC5=O)nc34)cc2F)CC1. The summed E-state index contributed by atoms with van der Waals surface area (Å²) >= 11 is 0.830. The molecule has 0 unspecified atom stereocenters. The minimum absolute atomic E-state index is 0.266. The van der Waals surface area contributed by atoms with Gasteiger partial charge in [0.1, 0.15) is 5.82 Å². The molecule has 168 valence electrons. The molecule has 0 saturated carbocycles. The smallest absolute Gasteiger partial charge is 0.290 e. The van der Waals surface area contributed by atoms with E-state index in [2.05, 4.69) is 32.0 Å². The van der Waals surface area contributed by atoms with Gasteiger partial charge in [0.2, 0.25) is 0 Å². The van der Waals surface area contributed by atoms with Gasteiger partial charge in [-0.2, -0.15) is 0 Å². The summed E-state index contributed by atoms with van der Waals surface area (Å²) in [5.74, 6) is -0.712. The number of aromatic nitrogens is 2. The zero-order valence-corrected chi connectivity index (χ0v) is 18.9. The number of nitrogens with zero attached hydrogens (tertiary/aromatic N) is 4. The molecule has 1 aromatic heterocycles. The average Bonchev–Trinajstić information content (AvgIpc) is 3.15. The second-order valence-electron chi connectivity index (χ2n) is 7.91. The van der Waals surface area contributed by atoms with Crippen LogP contribution in [-0.2, 0) is 4.79 Å². The highest BCUT2D eigenvalue weighted by molar-refractivity contribution is 8.18. The molecule has 0 aliphatic carbocycles. The highest BCUT2D eigenvalue weighted by atomic mass is 32.2. The van der Waals surface area contributed by atoms with Crippen LogP contribution in [0.3, 0.4) is 0 Å². The van der Waals surface area contributed by atoms with E-state index in [1.165, 1.54) is 6.08 Å². The van der Waals surface area contributed by atoms with Crippen molar-refractivity contribution >= 4 is 45.7 Å². The molecule has 2 saturated heterocycles. The number of hydrogen-bond donors (Lipinski definition) is 1. The Morgan fingerprint density at radius 1 is 1.15 bits per heavy atom. The average molecular weight is 464 g/mol. The van der Waals surface area contributed by atoms with Gasteiger partial charge in [-0.3, -0.25) is 19.9 Å². The molecule has 33 heavy (non-hydrogen) atoms. The molecule has 3 aromatic rings. The molecule has 1 N–H and O–H groups in total. The summed E-state index contributed by atoms with van der Waals surface area (Å²) in [6, 6.07) is 10.9. The number of thioether (sulfide) groups is 1. The third-order valence-electron chi connectivity index (χ3n) is 5.93. The normalized spacial score (nSPS) is 18.4. The zero-order valence-electron chi connectivity index (χ0n) is 18.0. The second kappa shape index (κ2) is 8.92. The monoisotopic (exact) mass is 463 g/mol. The first-order valence-corrected chi connectivity index (χ1v) is 11.6. The van der Waals surface area contributed by atoms with Gasteiger partial charge in [0.25, 0.3) is 11.1 Å². The molecule has 5 rings (SSSR count). The van der Waals surface area contributed by atoms with Crippen molar-refractivity contribution in [3.05, 3.63) is 59.0 Å². The number of carbonyl (C=O) groups is 2. The molecule has 0 radical (unpaired) electrons. The molecule has 9 heteroatoms. The molecule has 2 fully saturated rings. The maximum Gasteiger partial charge on any atom is 0.290 e. The fraction of sp³-hybridized carbons (Fsp3) is 0.250. The van der Waals surface area contributed by atoms with E-state index in [-0.39, 0.29) is 10.7 Å². The number of amides is 2. The first kappa shape index (κ1) is 21.5. The second-order valence-corrected chi connectivity index (χ2v) is 8.92. The van der Waals surface area contributed by atoms with Gasteiger partial charge in [-0.05, 0) is 48.1 Å². The summed E-state index contributed by atoms with van der Waals surface area (Å²) in [5, 5.41) is 1.82. The Morgan fingerprint density at radius 3 is 2.67 bits per heavy atom. The van der Waals surface area contributed by atoms with E-state index >= 15 is 4.39 Å². The topological polar surface area (TPSA) is 78.4 Å². The van der Waals surface area contributed by atoms with Crippen LogP contribution in [-0.4, -0.2) is 58.7 Å². The van der Waals surface area contributed by atoms with Crippen LogP contribution in [0.2, 0.25) is 0 Å². The first-order valence-electron chi connectivity index (χ1n) is 10.8. The maximum absolute atomic E-state index is 15.1. The van der Waals surface area contributed by atoms with Crippen LogP contribution in [0.4, 0.5) is 14.9 Å². The van der Waals surface area contributed by atoms with Crippen molar-refractivity contribution in [2.24, 2.45) is 0 Å². The lowest BCUT2D eigenvalue weighted by Gasteiger charge is -2.35. The standard InChI is InChI=1S/C24H22FN5O2S/c1-2-29-8-10-30(11-9-29)20-7-6-15(12-18(20)25)17-4-3-5-19-22(17)27-16(14-26-19)13-21-23(31)28-24(32)33-21/h3-7,12-14H,2,8-11H2,1H3,(H,28,31,32)/b21-13-. The molecular formula is C24H22FN5O2S. The molecule has 7 nitrogen and oxygen atoms in total. The summed E-state index contributed by atoms with van der Waals surface area (Å²) in [6.07, 6.45) is 3.09. The summed E-state index contributed by atoms with van der Waals surface area (Å²) in [7, 11) is 0. The van der Waals surface area contributed by atoms with E-state index in [1.54, 1.807) is 12.3 Å². The van der Waals surface area contributed by atoms with E-state index in [9.17, 15) is 9.59 Å². The summed E-state index contributed by atoms with van der Waals surface area (Å²) in [4.78, 5) is 37.1. The third-order valence-corrected chi connectivity index (χ3v) is 6.74. The number of halogens is 1. The maximum atomic E-state index is 15.1. The number of benzene rings is 2. The van der Waals surface area contributed by atoms with Crippen LogP contribution < -0.4 is 10.2 Å². The van der Waals surface area contributed by atoms with Gasteiger partial charge < -0.3 is 9.80 Å². The van der Waals surface area contributed by atoms with Crippen LogP contribution in [0.1, 0.15) is 12.6 Å². The zero-order chi connectivity index (χ0) is 22.9. The molecule has 0 bridgehead atoms. The van der Waals surface area contributed by atoms with Crippen LogP contribution in [0.15, 0.2) is 47.5 Å². The highest BCUT2D eigenvalue weighted by Crippen LogP contribution is 2.31. The van der Waals surface area contributed by atoms with E-state index in [0.29, 0.717) is 28.0 Å². The third kappa shape index (κ3) is 4.34. The highest BCUT2D eigenvalue weighted by Gasteiger charge is 2.25. The fourth-order valence-corrected chi connectivity index (χ4v) is 4.81.